The maximum absolute atomic E-state index is 13.5. The van der Waals surface area contributed by atoms with Crippen molar-refractivity contribution in [2.75, 3.05) is 13.7 Å². The smallest absolute Gasteiger partial charge is 0.262 e. The van der Waals surface area contributed by atoms with Gasteiger partial charge in [-0.05, 0) is 48.3 Å². The van der Waals surface area contributed by atoms with E-state index in [1.807, 2.05) is 0 Å². The fraction of sp³-hybridized carbons (Fsp3) is 0.375. The van der Waals surface area contributed by atoms with E-state index in [1.54, 1.807) is 6.07 Å². The molecule has 0 fully saturated rings. The van der Waals surface area contributed by atoms with Crippen LogP contribution in [0.5, 0.6) is 5.75 Å². The van der Waals surface area contributed by atoms with Gasteiger partial charge in [0.2, 0.25) is 0 Å². The van der Waals surface area contributed by atoms with Crippen molar-refractivity contribution in [3.8, 4) is 5.75 Å². The van der Waals surface area contributed by atoms with Crippen molar-refractivity contribution in [2.45, 2.75) is 20.3 Å². The molecule has 1 amide bonds. The van der Waals surface area contributed by atoms with Gasteiger partial charge in [0, 0.05) is 12.6 Å². The van der Waals surface area contributed by atoms with Crippen LogP contribution < -0.4 is 20.9 Å². The lowest BCUT2D eigenvalue weighted by atomic mass is 10.1. The lowest BCUT2D eigenvalue weighted by Crippen LogP contribution is -2.46. The molecule has 1 aromatic rings. The van der Waals surface area contributed by atoms with Crippen molar-refractivity contribution in [1.29, 1.82) is 0 Å². The van der Waals surface area contributed by atoms with E-state index in [-0.39, 0.29) is 5.75 Å². The Balaban J connectivity index is 2.38. The van der Waals surface area contributed by atoms with Gasteiger partial charge in [-0.25, -0.2) is 4.39 Å². The van der Waals surface area contributed by atoms with E-state index in [9.17, 15) is 9.18 Å². The Kier molecular flexibility index (Phi) is 8.04. The van der Waals surface area contributed by atoms with Crippen molar-refractivity contribution < 1.29 is 13.9 Å². The number of hydrogen-bond donors (Lipinski definition) is 3. The molecule has 0 heterocycles. The molecular weight excluding hydrogens is 317 g/mol. The number of hydrogen-bond acceptors (Lipinski definition) is 3. The van der Waals surface area contributed by atoms with Gasteiger partial charge in [0.15, 0.2) is 16.7 Å². The predicted octanol–water partition coefficient (Wildman–Crippen LogP) is 2.39. The molecule has 0 aliphatic heterocycles. The highest BCUT2D eigenvalue weighted by Gasteiger charge is 2.02. The van der Waals surface area contributed by atoms with Crippen molar-refractivity contribution in [3.63, 3.8) is 0 Å². The highest BCUT2D eigenvalue weighted by Crippen LogP contribution is 2.18. The summed E-state index contributed by atoms with van der Waals surface area (Å²) in [5, 5.41) is 3.33. The van der Waals surface area contributed by atoms with Crippen LogP contribution in [0.2, 0.25) is 0 Å². The molecule has 0 aromatic heterocycles. The topological polar surface area (TPSA) is 62.4 Å². The van der Waals surface area contributed by atoms with Crippen molar-refractivity contribution in [1.82, 2.24) is 16.2 Å². The van der Waals surface area contributed by atoms with E-state index in [4.69, 9.17) is 17.0 Å². The number of rotatable bonds is 6. The number of nitrogens with one attached hydrogen (secondary N) is 3. The van der Waals surface area contributed by atoms with Crippen LogP contribution in [0, 0.1) is 11.7 Å². The van der Waals surface area contributed by atoms with E-state index in [1.165, 1.54) is 31.4 Å². The molecule has 0 aliphatic carbocycles. The minimum Gasteiger partial charge on any atom is -0.494 e. The number of carbonyl (C=O) groups excluding carboxylic acids is 1. The SMILES string of the molecule is COc1ccc(/C=C/C(=O)NNC(=S)NCCC(C)C)cc1F. The largest absolute Gasteiger partial charge is 0.494 e. The molecule has 23 heavy (non-hydrogen) atoms. The predicted molar refractivity (Wildman–Crippen MR) is 93.3 cm³/mol. The summed E-state index contributed by atoms with van der Waals surface area (Å²) in [5.41, 5.74) is 5.58. The quantitative estimate of drug-likeness (QED) is 0.422. The van der Waals surface area contributed by atoms with Crippen LogP contribution in [0.1, 0.15) is 25.8 Å². The number of hydrazine groups is 1. The molecule has 3 N–H and O–H groups in total. The third-order valence-electron chi connectivity index (χ3n) is 2.91. The van der Waals surface area contributed by atoms with Crippen LogP contribution in [0.4, 0.5) is 4.39 Å². The molecule has 0 radical (unpaired) electrons. The van der Waals surface area contributed by atoms with E-state index in [0.29, 0.717) is 16.6 Å². The third-order valence-corrected chi connectivity index (χ3v) is 3.16. The Morgan fingerprint density at radius 2 is 2.13 bits per heavy atom. The van der Waals surface area contributed by atoms with Gasteiger partial charge in [-0.3, -0.25) is 15.6 Å². The molecule has 0 unspecified atom stereocenters. The molecule has 1 rings (SSSR count). The fourth-order valence-corrected chi connectivity index (χ4v) is 1.79. The second kappa shape index (κ2) is 9.78. The Labute approximate surface area is 141 Å². The number of amides is 1. The first-order chi connectivity index (χ1) is 10.9. The van der Waals surface area contributed by atoms with E-state index in [0.717, 1.165) is 13.0 Å². The molecule has 0 spiro atoms. The van der Waals surface area contributed by atoms with Crippen molar-refractivity contribution in [2.24, 2.45) is 5.92 Å². The third kappa shape index (κ3) is 7.60. The Morgan fingerprint density at radius 3 is 2.74 bits per heavy atom. The first kappa shape index (κ1) is 18.9. The van der Waals surface area contributed by atoms with Gasteiger partial charge in [0.25, 0.3) is 5.91 Å². The monoisotopic (exact) mass is 339 g/mol. The Hall–Kier alpha value is -2.15. The summed E-state index contributed by atoms with van der Waals surface area (Å²) in [6, 6.07) is 4.43. The number of methoxy groups -OCH3 is 1. The maximum atomic E-state index is 13.5. The van der Waals surface area contributed by atoms with Crippen LogP contribution in [0.3, 0.4) is 0 Å². The van der Waals surface area contributed by atoms with Crippen LogP contribution in [-0.4, -0.2) is 24.7 Å². The molecular formula is C16H22FN3O2S. The summed E-state index contributed by atoms with van der Waals surface area (Å²) in [6.45, 7) is 4.97. The Bertz CT molecular complexity index is 576. The molecule has 0 saturated heterocycles. The number of benzene rings is 1. The fourth-order valence-electron chi connectivity index (χ4n) is 1.64. The lowest BCUT2D eigenvalue weighted by molar-refractivity contribution is -0.116. The lowest BCUT2D eigenvalue weighted by Gasteiger charge is -2.11. The number of thiocarbonyl (C=S) groups is 1. The minimum atomic E-state index is -0.483. The molecule has 7 heteroatoms. The zero-order valence-corrected chi connectivity index (χ0v) is 14.3. The molecule has 0 aliphatic rings. The van der Waals surface area contributed by atoms with Gasteiger partial charge in [-0.1, -0.05) is 19.9 Å². The minimum absolute atomic E-state index is 0.158. The number of ether oxygens (including phenoxy) is 1. The van der Waals surface area contributed by atoms with Crippen LogP contribution in [-0.2, 0) is 4.79 Å². The van der Waals surface area contributed by atoms with E-state index >= 15 is 0 Å². The van der Waals surface area contributed by atoms with Crippen LogP contribution in [0.25, 0.3) is 6.08 Å². The van der Waals surface area contributed by atoms with Crippen molar-refractivity contribution in [3.05, 3.63) is 35.7 Å². The van der Waals surface area contributed by atoms with E-state index in [2.05, 4.69) is 30.0 Å². The van der Waals surface area contributed by atoms with Gasteiger partial charge in [0.1, 0.15) is 0 Å². The molecule has 0 saturated carbocycles. The van der Waals surface area contributed by atoms with Crippen LogP contribution >= 0.6 is 12.2 Å². The summed E-state index contributed by atoms with van der Waals surface area (Å²) in [6.07, 6.45) is 3.76. The van der Waals surface area contributed by atoms with Gasteiger partial charge < -0.3 is 10.1 Å². The highest BCUT2D eigenvalue weighted by molar-refractivity contribution is 7.80. The number of halogens is 1. The average molecular weight is 339 g/mol. The maximum Gasteiger partial charge on any atom is 0.262 e. The summed E-state index contributed by atoms with van der Waals surface area (Å²) in [5.74, 6) is -0.142. The zero-order chi connectivity index (χ0) is 17.2. The molecule has 0 bridgehead atoms. The second-order valence-electron chi connectivity index (χ2n) is 5.28. The average Bonchev–Trinajstić information content (AvgIpc) is 2.50. The van der Waals surface area contributed by atoms with Crippen molar-refractivity contribution >= 4 is 29.3 Å². The summed E-state index contributed by atoms with van der Waals surface area (Å²) >= 11 is 5.02. The first-order valence-electron chi connectivity index (χ1n) is 7.27. The standard InChI is InChI=1S/C16H22FN3O2S/c1-11(2)8-9-18-16(23)20-19-15(21)7-5-12-4-6-14(22-3)13(17)10-12/h4-7,10-11H,8-9H2,1-3H3,(H,19,21)(H2,18,20,23)/b7-5+. The summed E-state index contributed by atoms with van der Waals surface area (Å²) < 4.78 is 18.3. The highest BCUT2D eigenvalue weighted by atomic mass is 32.1. The van der Waals surface area contributed by atoms with Crippen LogP contribution in [0.15, 0.2) is 24.3 Å². The van der Waals surface area contributed by atoms with Gasteiger partial charge in [-0.15, -0.1) is 0 Å². The second-order valence-corrected chi connectivity index (χ2v) is 5.69. The van der Waals surface area contributed by atoms with Gasteiger partial charge in [0.05, 0.1) is 7.11 Å². The van der Waals surface area contributed by atoms with E-state index < -0.39 is 11.7 Å². The summed E-state index contributed by atoms with van der Waals surface area (Å²) in [4.78, 5) is 11.6. The van der Waals surface area contributed by atoms with Gasteiger partial charge in [-0.2, -0.15) is 0 Å². The molecule has 126 valence electrons. The Morgan fingerprint density at radius 1 is 1.39 bits per heavy atom. The molecule has 5 nitrogen and oxygen atoms in total. The normalized spacial score (nSPS) is 10.7. The molecule has 0 atom stereocenters. The number of carbonyl (C=O) groups is 1. The van der Waals surface area contributed by atoms with Gasteiger partial charge >= 0.3 is 0 Å². The molecule has 1 aromatic carbocycles. The zero-order valence-electron chi connectivity index (χ0n) is 13.5. The first-order valence-corrected chi connectivity index (χ1v) is 7.68. The summed E-state index contributed by atoms with van der Waals surface area (Å²) in [7, 11) is 1.39.